The second-order valence-electron chi connectivity index (χ2n) is 4.28. The first-order valence-corrected chi connectivity index (χ1v) is 6.04. The molecule has 1 heterocycles. The van der Waals surface area contributed by atoms with Gasteiger partial charge in [0.2, 0.25) is 0 Å². The first-order chi connectivity index (χ1) is 8.77. The van der Waals surface area contributed by atoms with E-state index in [0.717, 1.165) is 32.1 Å². The van der Waals surface area contributed by atoms with Crippen molar-refractivity contribution < 1.29 is 14.4 Å². The number of amides is 1. The Morgan fingerprint density at radius 3 is 2.67 bits per heavy atom. The first kappa shape index (κ1) is 12.5. The molecule has 0 radical (unpaired) electrons. The summed E-state index contributed by atoms with van der Waals surface area (Å²) in [5.41, 5.74) is 2.22. The smallest absolute Gasteiger partial charge is 0.335 e. The lowest BCUT2D eigenvalue weighted by Gasteiger charge is -2.19. The van der Waals surface area contributed by atoms with Crippen LogP contribution >= 0.6 is 0 Å². The van der Waals surface area contributed by atoms with Crippen LogP contribution in [0.25, 0.3) is 0 Å². The van der Waals surface area contributed by atoms with Gasteiger partial charge in [0.05, 0.1) is 12.1 Å². The maximum atomic E-state index is 11.7. The molecule has 0 unspecified atom stereocenters. The number of carbonyl (C=O) groups excluding carboxylic acids is 2. The summed E-state index contributed by atoms with van der Waals surface area (Å²) in [6.45, 7) is 0. The van der Waals surface area contributed by atoms with Gasteiger partial charge in [-0.2, -0.15) is 5.48 Å². The topological polar surface area (TPSA) is 81.2 Å². The first-order valence-electron chi connectivity index (χ1n) is 6.04. The van der Waals surface area contributed by atoms with Crippen LogP contribution in [-0.2, 0) is 9.63 Å². The monoisotopic (exact) mass is 249 g/mol. The van der Waals surface area contributed by atoms with Crippen molar-refractivity contribution in [1.29, 1.82) is 0 Å². The summed E-state index contributed by atoms with van der Waals surface area (Å²) >= 11 is 0. The van der Waals surface area contributed by atoms with Crippen molar-refractivity contribution >= 4 is 11.9 Å². The maximum Gasteiger partial charge on any atom is 0.335 e. The highest BCUT2D eigenvalue weighted by Crippen LogP contribution is 2.24. The Balaban J connectivity index is 1.80. The normalized spacial score (nSPS) is 16.0. The van der Waals surface area contributed by atoms with Crippen molar-refractivity contribution in [3.8, 4) is 0 Å². The second-order valence-corrected chi connectivity index (χ2v) is 4.28. The molecular weight excluding hydrogens is 234 g/mol. The number of rotatable bonds is 2. The number of hydrogen-bond donors (Lipinski definition) is 1. The van der Waals surface area contributed by atoms with Crippen LogP contribution in [0.1, 0.15) is 42.6 Å². The fourth-order valence-corrected chi connectivity index (χ4v) is 1.99. The summed E-state index contributed by atoms with van der Waals surface area (Å²) in [5, 5.41) is 0. The molecule has 2 rings (SSSR count). The summed E-state index contributed by atoms with van der Waals surface area (Å²) in [4.78, 5) is 35.6. The van der Waals surface area contributed by atoms with Crippen LogP contribution in [0.4, 0.5) is 0 Å². The molecule has 0 saturated heterocycles. The lowest BCUT2D eigenvalue weighted by molar-refractivity contribution is -0.155. The van der Waals surface area contributed by atoms with E-state index in [1.165, 1.54) is 18.6 Å². The lowest BCUT2D eigenvalue weighted by Crippen LogP contribution is -2.31. The van der Waals surface area contributed by atoms with E-state index in [-0.39, 0.29) is 17.6 Å². The largest absolute Gasteiger partial charge is 0.340 e. The predicted molar refractivity (Wildman–Crippen MR) is 62.2 cm³/mol. The predicted octanol–water partition coefficient (Wildman–Crippen LogP) is 1.24. The van der Waals surface area contributed by atoms with E-state index in [2.05, 4.69) is 15.4 Å². The molecule has 1 aromatic rings. The summed E-state index contributed by atoms with van der Waals surface area (Å²) in [6, 6.07) is 0. The molecule has 1 N–H and O–H groups in total. The highest BCUT2D eigenvalue weighted by molar-refractivity contribution is 5.92. The minimum Gasteiger partial charge on any atom is -0.340 e. The molecule has 0 aliphatic heterocycles. The van der Waals surface area contributed by atoms with Gasteiger partial charge >= 0.3 is 11.9 Å². The number of aromatic nitrogens is 2. The quantitative estimate of drug-likeness (QED) is 0.797. The number of hydroxylamine groups is 1. The van der Waals surface area contributed by atoms with Crippen molar-refractivity contribution in [1.82, 2.24) is 15.4 Å². The zero-order valence-electron chi connectivity index (χ0n) is 9.96. The van der Waals surface area contributed by atoms with Crippen LogP contribution in [0.2, 0.25) is 0 Å². The molecule has 96 valence electrons. The van der Waals surface area contributed by atoms with Gasteiger partial charge in [0.1, 0.15) is 5.69 Å². The molecule has 0 spiro atoms. The van der Waals surface area contributed by atoms with Gasteiger partial charge in [0.15, 0.2) is 0 Å². The molecule has 1 fully saturated rings. The zero-order chi connectivity index (χ0) is 12.8. The van der Waals surface area contributed by atoms with Gasteiger partial charge in [-0.3, -0.25) is 9.78 Å². The number of carbonyl (C=O) groups is 2. The van der Waals surface area contributed by atoms with E-state index < -0.39 is 5.91 Å². The average molecular weight is 249 g/mol. The maximum absolute atomic E-state index is 11.7. The average Bonchev–Trinajstić information content (AvgIpc) is 2.46. The van der Waals surface area contributed by atoms with Crippen molar-refractivity contribution in [2.45, 2.75) is 32.1 Å². The van der Waals surface area contributed by atoms with Crippen LogP contribution in [-0.4, -0.2) is 21.8 Å². The highest BCUT2D eigenvalue weighted by atomic mass is 16.7. The molecular formula is C12H15N3O3. The Morgan fingerprint density at radius 1 is 1.22 bits per heavy atom. The van der Waals surface area contributed by atoms with Crippen LogP contribution in [0.15, 0.2) is 18.6 Å². The third-order valence-corrected chi connectivity index (χ3v) is 2.98. The fraction of sp³-hybridized carbons (Fsp3) is 0.500. The SMILES string of the molecule is O=C(NOC(=O)C1CCCCC1)c1cnccn1. The molecule has 1 saturated carbocycles. The van der Waals surface area contributed by atoms with E-state index >= 15 is 0 Å². The molecule has 0 aromatic carbocycles. The Labute approximate surface area is 105 Å². The van der Waals surface area contributed by atoms with Crippen LogP contribution in [0, 0.1) is 5.92 Å². The second kappa shape index (κ2) is 6.09. The van der Waals surface area contributed by atoms with Gasteiger partial charge in [-0.1, -0.05) is 19.3 Å². The number of hydrogen-bond acceptors (Lipinski definition) is 5. The summed E-state index contributed by atoms with van der Waals surface area (Å²) < 4.78 is 0. The van der Waals surface area contributed by atoms with Gasteiger partial charge in [0.25, 0.3) is 0 Å². The summed E-state index contributed by atoms with van der Waals surface area (Å²) in [5.74, 6) is -1.03. The van der Waals surface area contributed by atoms with E-state index in [1.807, 2.05) is 0 Å². The van der Waals surface area contributed by atoms with Crippen molar-refractivity contribution in [2.75, 3.05) is 0 Å². The Hall–Kier alpha value is -1.98. The van der Waals surface area contributed by atoms with E-state index in [9.17, 15) is 9.59 Å². The molecule has 18 heavy (non-hydrogen) atoms. The number of nitrogens with zero attached hydrogens (tertiary/aromatic N) is 2. The third-order valence-electron chi connectivity index (χ3n) is 2.98. The molecule has 1 amide bonds. The minimum absolute atomic E-state index is 0.0964. The van der Waals surface area contributed by atoms with Gasteiger partial charge in [-0.15, -0.1) is 0 Å². The van der Waals surface area contributed by atoms with Gasteiger partial charge in [0, 0.05) is 12.4 Å². The zero-order valence-corrected chi connectivity index (χ0v) is 9.96. The van der Waals surface area contributed by atoms with Crippen molar-refractivity contribution in [2.24, 2.45) is 5.92 Å². The molecule has 1 aliphatic rings. The molecule has 6 nitrogen and oxygen atoms in total. The number of nitrogens with one attached hydrogen (secondary N) is 1. The summed E-state index contributed by atoms with van der Waals surface area (Å²) in [7, 11) is 0. The molecule has 0 bridgehead atoms. The Morgan fingerprint density at radius 2 is 2.00 bits per heavy atom. The summed E-state index contributed by atoms with van der Waals surface area (Å²) in [6.07, 6.45) is 9.08. The molecule has 1 aromatic heterocycles. The van der Waals surface area contributed by atoms with E-state index in [0.29, 0.717) is 0 Å². The third kappa shape index (κ3) is 3.26. The van der Waals surface area contributed by atoms with Gasteiger partial charge < -0.3 is 4.84 Å². The molecule has 6 heteroatoms. The van der Waals surface area contributed by atoms with E-state index in [4.69, 9.17) is 4.84 Å². The van der Waals surface area contributed by atoms with E-state index in [1.54, 1.807) is 0 Å². The fourth-order valence-electron chi connectivity index (χ4n) is 1.99. The van der Waals surface area contributed by atoms with Crippen LogP contribution < -0.4 is 5.48 Å². The van der Waals surface area contributed by atoms with Gasteiger partial charge in [-0.25, -0.2) is 9.78 Å². The Kier molecular flexibility index (Phi) is 4.22. The molecule has 1 aliphatic carbocycles. The minimum atomic E-state index is -0.563. The standard InChI is InChI=1S/C12H15N3O3/c16-11(10-8-13-6-7-14-10)15-18-12(17)9-4-2-1-3-5-9/h6-9H,1-5H2,(H,15,16). The van der Waals surface area contributed by atoms with Crippen molar-refractivity contribution in [3.63, 3.8) is 0 Å². The van der Waals surface area contributed by atoms with Crippen molar-refractivity contribution in [3.05, 3.63) is 24.3 Å². The van der Waals surface area contributed by atoms with Crippen LogP contribution in [0.3, 0.4) is 0 Å². The molecule has 0 atom stereocenters. The van der Waals surface area contributed by atoms with Gasteiger partial charge in [-0.05, 0) is 12.8 Å². The lowest BCUT2D eigenvalue weighted by atomic mass is 9.89. The van der Waals surface area contributed by atoms with Crippen LogP contribution in [0.5, 0.6) is 0 Å². The Bertz CT molecular complexity index is 416. The highest BCUT2D eigenvalue weighted by Gasteiger charge is 2.23.